The van der Waals surface area contributed by atoms with E-state index in [1.807, 2.05) is 51.1 Å². The minimum atomic E-state index is -0.371. The first-order chi connectivity index (χ1) is 11.0. The molecular weight excluding hydrogens is 354 g/mol. The number of esters is 1. The Hall–Kier alpha value is -2.20. The van der Waals surface area contributed by atoms with Crippen LogP contribution in [0.5, 0.6) is 5.75 Å². The number of ether oxygens (including phenoxy) is 1. The van der Waals surface area contributed by atoms with Gasteiger partial charge in [-0.2, -0.15) is 0 Å². The molecule has 1 aromatic heterocycles. The Labute approximate surface area is 143 Å². The summed E-state index contributed by atoms with van der Waals surface area (Å²) in [4.78, 5) is 16.9. The zero-order valence-electron chi connectivity index (χ0n) is 13.2. The van der Waals surface area contributed by atoms with Crippen LogP contribution >= 0.6 is 15.9 Å². The highest BCUT2D eigenvalue weighted by Crippen LogP contribution is 2.28. The lowest BCUT2D eigenvalue weighted by molar-refractivity contribution is 0.0736. The molecule has 0 amide bonds. The number of hydrogen-bond acceptors (Lipinski definition) is 3. The molecular formula is C19H16BrNO2. The highest BCUT2D eigenvalue weighted by molar-refractivity contribution is 9.10. The summed E-state index contributed by atoms with van der Waals surface area (Å²) in [5.41, 5.74) is 4.40. The van der Waals surface area contributed by atoms with Gasteiger partial charge in [-0.15, -0.1) is 0 Å². The molecule has 0 saturated heterocycles. The summed E-state index contributed by atoms with van der Waals surface area (Å²) >= 11 is 3.50. The average Bonchev–Trinajstić information content (AvgIpc) is 2.56. The molecule has 4 heteroatoms. The number of fused-ring (bicyclic) bond motifs is 1. The van der Waals surface area contributed by atoms with Gasteiger partial charge in [0.15, 0.2) is 5.75 Å². The summed E-state index contributed by atoms with van der Waals surface area (Å²) in [6.07, 6.45) is 1.69. The topological polar surface area (TPSA) is 39.2 Å². The number of benzene rings is 2. The zero-order chi connectivity index (χ0) is 16.6. The Balaban J connectivity index is 2.02. The van der Waals surface area contributed by atoms with Crippen LogP contribution in [0.2, 0.25) is 0 Å². The Morgan fingerprint density at radius 3 is 2.57 bits per heavy atom. The molecule has 0 bridgehead atoms. The van der Waals surface area contributed by atoms with E-state index in [2.05, 4.69) is 20.9 Å². The summed E-state index contributed by atoms with van der Waals surface area (Å²) in [7, 11) is 0. The fourth-order valence-electron chi connectivity index (χ4n) is 2.53. The van der Waals surface area contributed by atoms with Gasteiger partial charge in [0.05, 0.1) is 5.56 Å². The van der Waals surface area contributed by atoms with E-state index in [1.165, 1.54) is 0 Å². The first-order valence-corrected chi connectivity index (χ1v) is 8.10. The second-order valence-electron chi connectivity index (χ2n) is 5.50. The highest BCUT2D eigenvalue weighted by atomic mass is 79.9. The number of carbonyl (C=O) groups excluding carboxylic acids is 1. The SMILES string of the molecule is Cc1c(Br)cc(C(=O)Oc2cccc3cccnc23)c(C)c1C. The molecule has 2 aromatic carbocycles. The van der Waals surface area contributed by atoms with Gasteiger partial charge in [-0.3, -0.25) is 4.98 Å². The molecule has 1 heterocycles. The number of carbonyl (C=O) groups is 1. The number of aromatic nitrogens is 1. The van der Waals surface area contributed by atoms with Gasteiger partial charge in [-0.05, 0) is 55.7 Å². The fraction of sp³-hybridized carbons (Fsp3) is 0.158. The standard InChI is InChI=1S/C19H16BrNO2/c1-11-12(2)15(10-16(20)13(11)3)19(22)23-17-8-4-6-14-7-5-9-21-18(14)17/h4-10H,1-3H3. The van der Waals surface area contributed by atoms with Crippen LogP contribution < -0.4 is 4.74 Å². The molecule has 23 heavy (non-hydrogen) atoms. The van der Waals surface area contributed by atoms with Gasteiger partial charge >= 0.3 is 5.97 Å². The van der Waals surface area contributed by atoms with E-state index in [0.717, 1.165) is 26.5 Å². The second-order valence-corrected chi connectivity index (χ2v) is 6.36. The molecule has 0 fully saturated rings. The molecule has 3 aromatic rings. The number of pyridine rings is 1. The molecule has 3 nitrogen and oxygen atoms in total. The Kier molecular flexibility index (Phi) is 4.18. The first kappa shape index (κ1) is 15.7. The summed E-state index contributed by atoms with van der Waals surface area (Å²) in [6, 6.07) is 11.2. The van der Waals surface area contributed by atoms with Gasteiger partial charge in [-0.25, -0.2) is 4.79 Å². The summed E-state index contributed by atoms with van der Waals surface area (Å²) in [6.45, 7) is 5.97. The van der Waals surface area contributed by atoms with Crippen molar-refractivity contribution in [1.82, 2.24) is 4.98 Å². The molecule has 0 atom stereocenters. The van der Waals surface area contributed by atoms with Crippen LogP contribution in [0.25, 0.3) is 10.9 Å². The lowest BCUT2D eigenvalue weighted by Gasteiger charge is -2.13. The van der Waals surface area contributed by atoms with Gasteiger partial charge in [0.1, 0.15) is 5.52 Å². The highest BCUT2D eigenvalue weighted by Gasteiger charge is 2.17. The molecule has 116 valence electrons. The Morgan fingerprint density at radius 2 is 1.78 bits per heavy atom. The number of halogens is 1. The minimum Gasteiger partial charge on any atom is -0.421 e. The third-order valence-corrected chi connectivity index (χ3v) is 5.00. The van der Waals surface area contributed by atoms with Gasteiger partial charge in [0, 0.05) is 16.1 Å². The van der Waals surface area contributed by atoms with Crippen LogP contribution in [0.3, 0.4) is 0 Å². The van der Waals surface area contributed by atoms with Crippen LogP contribution in [0.15, 0.2) is 47.1 Å². The number of hydrogen-bond donors (Lipinski definition) is 0. The molecule has 3 rings (SSSR count). The maximum atomic E-state index is 12.6. The van der Waals surface area contributed by atoms with Crippen molar-refractivity contribution in [3.05, 3.63) is 69.3 Å². The van der Waals surface area contributed by atoms with E-state index < -0.39 is 0 Å². The molecule has 0 spiro atoms. The summed E-state index contributed by atoms with van der Waals surface area (Å²) in [5.74, 6) is 0.103. The van der Waals surface area contributed by atoms with Crippen molar-refractivity contribution in [3.8, 4) is 5.75 Å². The zero-order valence-corrected chi connectivity index (χ0v) is 14.8. The molecule has 0 aliphatic carbocycles. The quantitative estimate of drug-likeness (QED) is 0.463. The largest absolute Gasteiger partial charge is 0.421 e. The molecule has 0 aliphatic heterocycles. The Morgan fingerprint density at radius 1 is 1.04 bits per heavy atom. The molecule has 0 N–H and O–H groups in total. The van der Waals surface area contributed by atoms with Gasteiger partial charge in [0.25, 0.3) is 0 Å². The van der Waals surface area contributed by atoms with Crippen LogP contribution in [0, 0.1) is 20.8 Å². The molecule has 0 unspecified atom stereocenters. The number of rotatable bonds is 2. The van der Waals surface area contributed by atoms with Crippen molar-refractivity contribution in [1.29, 1.82) is 0 Å². The average molecular weight is 370 g/mol. The summed E-state index contributed by atoms with van der Waals surface area (Å²) < 4.78 is 6.53. The molecule has 0 radical (unpaired) electrons. The summed E-state index contributed by atoms with van der Waals surface area (Å²) in [5, 5.41) is 0.941. The van der Waals surface area contributed by atoms with E-state index in [-0.39, 0.29) is 5.97 Å². The van der Waals surface area contributed by atoms with E-state index in [0.29, 0.717) is 16.8 Å². The van der Waals surface area contributed by atoms with Crippen LogP contribution in [0.4, 0.5) is 0 Å². The Bertz CT molecular complexity index is 913. The van der Waals surface area contributed by atoms with E-state index in [9.17, 15) is 4.79 Å². The molecule has 0 saturated carbocycles. The second kappa shape index (κ2) is 6.13. The van der Waals surface area contributed by atoms with Crippen molar-refractivity contribution >= 4 is 32.8 Å². The van der Waals surface area contributed by atoms with E-state index in [4.69, 9.17) is 4.74 Å². The van der Waals surface area contributed by atoms with E-state index >= 15 is 0 Å². The van der Waals surface area contributed by atoms with Crippen molar-refractivity contribution in [3.63, 3.8) is 0 Å². The van der Waals surface area contributed by atoms with Crippen molar-refractivity contribution in [2.24, 2.45) is 0 Å². The lowest BCUT2D eigenvalue weighted by atomic mass is 9.99. The van der Waals surface area contributed by atoms with Gasteiger partial charge in [-0.1, -0.05) is 34.1 Å². The third-order valence-electron chi connectivity index (χ3n) is 4.18. The fourth-order valence-corrected chi connectivity index (χ4v) is 3.06. The van der Waals surface area contributed by atoms with Gasteiger partial charge in [0.2, 0.25) is 0 Å². The van der Waals surface area contributed by atoms with Crippen molar-refractivity contribution in [2.75, 3.05) is 0 Å². The smallest absolute Gasteiger partial charge is 0.343 e. The molecule has 0 aliphatic rings. The van der Waals surface area contributed by atoms with E-state index in [1.54, 1.807) is 12.3 Å². The van der Waals surface area contributed by atoms with Crippen molar-refractivity contribution in [2.45, 2.75) is 20.8 Å². The first-order valence-electron chi connectivity index (χ1n) is 7.31. The normalized spacial score (nSPS) is 10.8. The predicted molar refractivity (Wildman–Crippen MR) is 95.1 cm³/mol. The van der Waals surface area contributed by atoms with Crippen molar-refractivity contribution < 1.29 is 9.53 Å². The lowest BCUT2D eigenvalue weighted by Crippen LogP contribution is -2.12. The van der Waals surface area contributed by atoms with Crippen LogP contribution in [-0.4, -0.2) is 11.0 Å². The van der Waals surface area contributed by atoms with Crippen LogP contribution in [-0.2, 0) is 0 Å². The maximum absolute atomic E-state index is 12.6. The maximum Gasteiger partial charge on any atom is 0.343 e. The van der Waals surface area contributed by atoms with Crippen LogP contribution in [0.1, 0.15) is 27.0 Å². The van der Waals surface area contributed by atoms with Gasteiger partial charge < -0.3 is 4.74 Å². The monoisotopic (exact) mass is 369 g/mol. The predicted octanol–water partition coefficient (Wildman–Crippen LogP) is 5.14. The number of nitrogens with zero attached hydrogens (tertiary/aromatic N) is 1. The number of para-hydroxylation sites is 1. The third kappa shape index (κ3) is 2.86. The minimum absolute atomic E-state index is 0.371.